The van der Waals surface area contributed by atoms with Gasteiger partial charge in [0.05, 0.1) is 6.54 Å². The first-order valence-corrected chi connectivity index (χ1v) is 7.99. The Morgan fingerprint density at radius 1 is 1.25 bits per heavy atom. The van der Waals surface area contributed by atoms with Gasteiger partial charge in [-0.15, -0.1) is 0 Å². The Hall–Kier alpha value is -2.11. The first-order valence-electron chi connectivity index (χ1n) is 7.61. The van der Waals surface area contributed by atoms with Gasteiger partial charge in [0.25, 0.3) is 0 Å². The highest BCUT2D eigenvalue weighted by Crippen LogP contribution is 2.11. The highest BCUT2D eigenvalue weighted by molar-refractivity contribution is 6.30. The second-order valence-electron chi connectivity index (χ2n) is 5.45. The van der Waals surface area contributed by atoms with Crippen LogP contribution in [0.2, 0.25) is 5.02 Å². The van der Waals surface area contributed by atoms with Crippen LogP contribution in [0.5, 0.6) is 5.75 Å². The normalized spacial score (nSPS) is 10.7. The smallest absolute Gasteiger partial charge is 0.234 e. The van der Waals surface area contributed by atoms with Crippen molar-refractivity contribution in [1.82, 2.24) is 10.2 Å². The zero-order valence-corrected chi connectivity index (χ0v) is 14.2. The van der Waals surface area contributed by atoms with Crippen LogP contribution >= 0.6 is 11.6 Å². The van der Waals surface area contributed by atoms with E-state index >= 15 is 0 Å². The first-order chi connectivity index (χ1) is 11.5. The number of benzene rings is 2. The number of nitrogens with one attached hydrogen (secondary N) is 1. The fourth-order valence-corrected chi connectivity index (χ4v) is 2.29. The lowest BCUT2D eigenvalue weighted by Crippen LogP contribution is -2.36. The van der Waals surface area contributed by atoms with Gasteiger partial charge in [-0.25, -0.2) is 4.39 Å². The zero-order valence-electron chi connectivity index (χ0n) is 13.5. The Kier molecular flexibility index (Phi) is 7.03. The molecule has 128 valence electrons. The molecule has 2 rings (SSSR count). The number of rotatable bonds is 8. The molecule has 4 nitrogen and oxygen atoms in total. The summed E-state index contributed by atoms with van der Waals surface area (Å²) in [6.45, 7) is 1.72. The number of amides is 1. The average Bonchev–Trinajstić information content (AvgIpc) is 2.55. The van der Waals surface area contributed by atoms with Crippen LogP contribution in [-0.2, 0) is 11.3 Å². The third-order valence-electron chi connectivity index (χ3n) is 3.35. The van der Waals surface area contributed by atoms with E-state index in [0.29, 0.717) is 30.5 Å². The summed E-state index contributed by atoms with van der Waals surface area (Å²) in [5, 5.41) is 3.50. The van der Waals surface area contributed by atoms with Crippen LogP contribution in [-0.4, -0.2) is 37.6 Å². The van der Waals surface area contributed by atoms with Crippen molar-refractivity contribution in [2.45, 2.75) is 6.54 Å². The van der Waals surface area contributed by atoms with E-state index in [1.165, 1.54) is 12.1 Å². The maximum Gasteiger partial charge on any atom is 0.234 e. The Morgan fingerprint density at radius 2 is 2.00 bits per heavy atom. The largest absolute Gasteiger partial charge is 0.492 e. The molecule has 0 saturated carbocycles. The molecule has 2 aromatic rings. The molecule has 6 heteroatoms. The third kappa shape index (κ3) is 6.56. The molecule has 1 N–H and O–H groups in total. The van der Waals surface area contributed by atoms with Crippen molar-refractivity contribution in [3.63, 3.8) is 0 Å². The van der Waals surface area contributed by atoms with Gasteiger partial charge in [0, 0.05) is 18.1 Å². The summed E-state index contributed by atoms with van der Waals surface area (Å²) in [7, 11) is 1.84. The molecular formula is C18H20ClFN2O2. The Labute approximate surface area is 146 Å². The van der Waals surface area contributed by atoms with Gasteiger partial charge in [0.15, 0.2) is 0 Å². The van der Waals surface area contributed by atoms with Crippen molar-refractivity contribution in [2.75, 3.05) is 26.7 Å². The zero-order chi connectivity index (χ0) is 17.4. The first kappa shape index (κ1) is 18.2. The summed E-state index contributed by atoms with van der Waals surface area (Å²) >= 11 is 5.91. The van der Waals surface area contributed by atoms with Gasteiger partial charge in [-0.2, -0.15) is 0 Å². The maximum absolute atomic E-state index is 12.8. The van der Waals surface area contributed by atoms with Crippen LogP contribution in [0.15, 0.2) is 48.5 Å². The average molecular weight is 351 g/mol. The summed E-state index contributed by atoms with van der Waals surface area (Å²) in [5.41, 5.74) is 0.957. The van der Waals surface area contributed by atoms with Crippen molar-refractivity contribution < 1.29 is 13.9 Å². The molecule has 0 saturated heterocycles. The fraction of sp³-hybridized carbons (Fsp3) is 0.278. The van der Waals surface area contributed by atoms with E-state index in [9.17, 15) is 9.18 Å². The topological polar surface area (TPSA) is 41.6 Å². The Bertz CT molecular complexity index is 664. The van der Waals surface area contributed by atoms with Crippen LogP contribution in [0, 0.1) is 5.82 Å². The van der Waals surface area contributed by atoms with E-state index < -0.39 is 0 Å². The van der Waals surface area contributed by atoms with Crippen LogP contribution in [0.1, 0.15) is 5.56 Å². The van der Waals surface area contributed by atoms with Gasteiger partial charge >= 0.3 is 0 Å². The molecule has 0 bridgehead atoms. The summed E-state index contributed by atoms with van der Waals surface area (Å²) in [6.07, 6.45) is 0. The molecule has 0 heterocycles. The standard InChI is InChI=1S/C18H20ClFN2O2/c1-22(9-10-24-17-7-5-16(20)6-8-17)13-18(23)21-12-14-3-2-4-15(19)11-14/h2-8,11H,9-10,12-13H2,1H3,(H,21,23). The number of ether oxygens (including phenoxy) is 1. The van der Waals surface area contributed by atoms with E-state index in [1.54, 1.807) is 18.2 Å². The van der Waals surface area contributed by atoms with E-state index in [0.717, 1.165) is 5.56 Å². The predicted molar refractivity (Wildman–Crippen MR) is 92.7 cm³/mol. The summed E-state index contributed by atoms with van der Waals surface area (Å²) in [5.74, 6) is 0.241. The molecule has 0 spiro atoms. The van der Waals surface area contributed by atoms with Gasteiger partial charge in [-0.3, -0.25) is 9.69 Å². The molecule has 0 atom stereocenters. The van der Waals surface area contributed by atoms with E-state index in [4.69, 9.17) is 16.3 Å². The number of nitrogens with zero attached hydrogens (tertiary/aromatic N) is 1. The van der Waals surface area contributed by atoms with Crippen molar-refractivity contribution in [2.24, 2.45) is 0 Å². The SMILES string of the molecule is CN(CCOc1ccc(F)cc1)CC(=O)NCc1cccc(Cl)c1. The number of halogens is 2. The van der Waals surface area contributed by atoms with E-state index in [2.05, 4.69) is 5.32 Å². The van der Waals surface area contributed by atoms with Gasteiger partial charge in [-0.05, 0) is 49.0 Å². The highest BCUT2D eigenvalue weighted by atomic mass is 35.5. The Balaban J connectivity index is 1.65. The summed E-state index contributed by atoms with van der Waals surface area (Å²) < 4.78 is 18.3. The summed E-state index contributed by atoms with van der Waals surface area (Å²) in [6, 6.07) is 13.2. The van der Waals surface area contributed by atoms with E-state index in [-0.39, 0.29) is 18.3 Å². The van der Waals surface area contributed by atoms with Crippen molar-refractivity contribution >= 4 is 17.5 Å². The monoisotopic (exact) mass is 350 g/mol. The van der Waals surface area contributed by atoms with E-state index in [1.807, 2.05) is 30.1 Å². The quantitative estimate of drug-likeness (QED) is 0.795. The van der Waals surface area contributed by atoms with Crippen LogP contribution < -0.4 is 10.1 Å². The second-order valence-corrected chi connectivity index (χ2v) is 5.88. The molecule has 0 aliphatic carbocycles. The third-order valence-corrected chi connectivity index (χ3v) is 3.58. The molecule has 0 aliphatic heterocycles. The molecule has 0 aliphatic rings. The van der Waals surface area contributed by atoms with Gasteiger partial charge in [-0.1, -0.05) is 23.7 Å². The number of likely N-dealkylation sites (N-methyl/N-ethyl adjacent to an activating group) is 1. The molecule has 0 aromatic heterocycles. The van der Waals surface area contributed by atoms with Crippen LogP contribution in [0.4, 0.5) is 4.39 Å². The molecule has 2 aromatic carbocycles. The van der Waals surface area contributed by atoms with Crippen LogP contribution in [0.3, 0.4) is 0 Å². The lowest BCUT2D eigenvalue weighted by molar-refractivity contribution is -0.122. The fourth-order valence-electron chi connectivity index (χ4n) is 2.08. The van der Waals surface area contributed by atoms with Crippen molar-refractivity contribution in [3.05, 3.63) is 64.9 Å². The lowest BCUT2D eigenvalue weighted by Gasteiger charge is -2.16. The molecule has 0 unspecified atom stereocenters. The molecule has 1 amide bonds. The minimum atomic E-state index is -0.296. The Morgan fingerprint density at radius 3 is 2.71 bits per heavy atom. The minimum absolute atomic E-state index is 0.0701. The lowest BCUT2D eigenvalue weighted by atomic mass is 10.2. The van der Waals surface area contributed by atoms with Crippen molar-refractivity contribution in [1.29, 1.82) is 0 Å². The van der Waals surface area contributed by atoms with Crippen molar-refractivity contribution in [3.8, 4) is 5.75 Å². The number of hydrogen-bond acceptors (Lipinski definition) is 3. The maximum atomic E-state index is 12.8. The number of hydrogen-bond donors (Lipinski definition) is 1. The number of carbonyl (C=O) groups excluding carboxylic acids is 1. The predicted octanol–water partition coefficient (Wildman–Crippen LogP) is 3.11. The second kappa shape index (κ2) is 9.25. The molecule has 0 radical (unpaired) electrons. The molecule has 0 fully saturated rings. The van der Waals surface area contributed by atoms with Gasteiger partial charge in [0.2, 0.25) is 5.91 Å². The molecule has 24 heavy (non-hydrogen) atoms. The minimum Gasteiger partial charge on any atom is -0.492 e. The summed E-state index contributed by atoms with van der Waals surface area (Å²) in [4.78, 5) is 13.8. The highest BCUT2D eigenvalue weighted by Gasteiger charge is 2.07. The van der Waals surface area contributed by atoms with Gasteiger partial charge in [0.1, 0.15) is 18.2 Å². The van der Waals surface area contributed by atoms with Gasteiger partial charge < -0.3 is 10.1 Å². The van der Waals surface area contributed by atoms with Crippen LogP contribution in [0.25, 0.3) is 0 Å². The number of carbonyl (C=O) groups is 1. The molecular weight excluding hydrogens is 331 g/mol.